The van der Waals surface area contributed by atoms with E-state index in [1.165, 1.54) is 25.3 Å². The number of sulfonamides is 1. The second-order valence-corrected chi connectivity index (χ2v) is 8.96. The smallest absolute Gasteiger partial charge is 0.244 e. The van der Waals surface area contributed by atoms with Crippen LogP contribution in [0.2, 0.25) is 0 Å². The number of hydrogen-bond acceptors (Lipinski definition) is 4. The lowest BCUT2D eigenvalue weighted by Crippen LogP contribution is -2.26. The Bertz CT molecular complexity index is 1020. The maximum atomic E-state index is 12.0. The van der Waals surface area contributed by atoms with Crippen LogP contribution in [0.1, 0.15) is 17.5 Å². The maximum absolute atomic E-state index is 12.0. The fourth-order valence-corrected chi connectivity index (χ4v) is 3.44. The van der Waals surface area contributed by atoms with Crippen molar-refractivity contribution in [3.05, 3.63) is 64.1 Å². The van der Waals surface area contributed by atoms with E-state index in [1.807, 2.05) is 25.1 Å². The fourth-order valence-electron chi connectivity index (χ4n) is 2.35. The van der Waals surface area contributed by atoms with E-state index in [0.717, 1.165) is 15.7 Å². The monoisotopic (exact) mass is 479 g/mol. The van der Waals surface area contributed by atoms with E-state index >= 15 is 0 Å². The molecule has 2 rings (SSSR count). The first-order chi connectivity index (χ1) is 13.7. The van der Waals surface area contributed by atoms with Gasteiger partial charge < -0.3 is 10.6 Å². The molecule has 0 unspecified atom stereocenters. The molecule has 7 nitrogen and oxygen atoms in total. The van der Waals surface area contributed by atoms with Crippen LogP contribution in [0.15, 0.2) is 57.9 Å². The van der Waals surface area contributed by atoms with Crippen LogP contribution in [0.4, 0.5) is 5.69 Å². The Morgan fingerprint density at radius 1 is 1.10 bits per heavy atom. The van der Waals surface area contributed by atoms with Gasteiger partial charge in [0, 0.05) is 29.2 Å². The zero-order chi connectivity index (χ0) is 21.4. The standard InChI is InChI=1S/C20H22BrN3O4S/c1-14-3-7-16(21)13-18(14)24-20(26)11-12-23-19(25)10-6-15-4-8-17(9-5-15)29(27,28)22-2/h3-10,13,22H,11-12H2,1-2H3,(H,23,25)(H,24,26)/b10-6+. The summed E-state index contributed by atoms with van der Waals surface area (Å²) in [6.45, 7) is 2.09. The molecule has 0 radical (unpaired) electrons. The summed E-state index contributed by atoms with van der Waals surface area (Å²) in [6, 6.07) is 11.7. The lowest BCUT2D eigenvalue weighted by Gasteiger charge is -2.09. The zero-order valence-electron chi connectivity index (χ0n) is 16.0. The molecule has 2 aromatic carbocycles. The number of aryl methyl sites for hydroxylation is 1. The van der Waals surface area contributed by atoms with E-state index < -0.39 is 10.0 Å². The highest BCUT2D eigenvalue weighted by atomic mass is 79.9. The minimum absolute atomic E-state index is 0.141. The molecule has 0 heterocycles. The number of benzene rings is 2. The number of carbonyl (C=O) groups is 2. The number of hydrogen-bond donors (Lipinski definition) is 3. The molecule has 0 bridgehead atoms. The summed E-state index contributed by atoms with van der Waals surface area (Å²) in [7, 11) is -2.15. The van der Waals surface area contributed by atoms with Crippen molar-refractivity contribution in [2.24, 2.45) is 0 Å². The molecule has 2 amide bonds. The third-order valence-corrected chi connectivity index (χ3v) is 5.93. The Morgan fingerprint density at radius 3 is 2.45 bits per heavy atom. The minimum atomic E-state index is -3.49. The molecule has 2 aromatic rings. The normalized spacial score (nSPS) is 11.4. The zero-order valence-corrected chi connectivity index (χ0v) is 18.4. The van der Waals surface area contributed by atoms with E-state index in [1.54, 1.807) is 18.2 Å². The lowest BCUT2D eigenvalue weighted by molar-refractivity contribution is -0.117. The molecule has 0 saturated carbocycles. The van der Waals surface area contributed by atoms with Crippen molar-refractivity contribution in [1.29, 1.82) is 0 Å². The fraction of sp³-hybridized carbons (Fsp3) is 0.200. The van der Waals surface area contributed by atoms with Gasteiger partial charge in [-0.1, -0.05) is 34.1 Å². The van der Waals surface area contributed by atoms with Crippen LogP contribution >= 0.6 is 15.9 Å². The van der Waals surface area contributed by atoms with Crippen molar-refractivity contribution in [3.8, 4) is 0 Å². The summed E-state index contributed by atoms with van der Waals surface area (Å²) in [6.07, 6.45) is 3.04. The van der Waals surface area contributed by atoms with Crippen molar-refractivity contribution < 1.29 is 18.0 Å². The number of rotatable bonds is 8. The van der Waals surface area contributed by atoms with Crippen molar-refractivity contribution in [3.63, 3.8) is 0 Å². The van der Waals surface area contributed by atoms with Crippen molar-refractivity contribution in [2.45, 2.75) is 18.2 Å². The molecule has 0 fully saturated rings. The lowest BCUT2D eigenvalue weighted by atomic mass is 10.2. The molecular weight excluding hydrogens is 458 g/mol. The maximum Gasteiger partial charge on any atom is 0.244 e. The molecule has 9 heteroatoms. The van der Waals surface area contributed by atoms with Gasteiger partial charge in [-0.3, -0.25) is 9.59 Å². The van der Waals surface area contributed by atoms with E-state index in [-0.39, 0.29) is 29.7 Å². The number of anilines is 1. The SMILES string of the molecule is CNS(=O)(=O)c1ccc(/C=C/C(=O)NCCC(=O)Nc2cc(Br)ccc2C)cc1. The van der Waals surface area contributed by atoms with Crippen LogP contribution in [0.25, 0.3) is 6.08 Å². The minimum Gasteiger partial charge on any atom is -0.352 e. The van der Waals surface area contributed by atoms with E-state index in [2.05, 4.69) is 31.3 Å². The first-order valence-electron chi connectivity index (χ1n) is 8.77. The number of nitrogens with one attached hydrogen (secondary N) is 3. The average molecular weight is 480 g/mol. The van der Waals surface area contributed by atoms with Crippen LogP contribution in [-0.2, 0) is 19.6 Å². The Kier molecular flexibility index (Phi) is 8.12. The van der Waals surface area contributed by atoms with Crippen molar-refractivity contribution in [2.75, 3.05) is 18.9 Å². The van der Waals surface area contributed by atoms with E-state index in [0.29, 0.717) is 5.56 Å². The van der Waals surface area contributed by atoms with Gasteiger partial charge in [0.1, 0.15) is 0 Å². The summed E-state index contributed by atoms with van der Waals surface area (Å²) in [5.41, 5.74) is 2.35. The van der Waals surface area contributed by atoms with Gasteiger partial charge in [0.15, 0.2) is 0 Å². The van der Waals surface area contributed by atoms with Crippen molar-refractivity contribution in [1.82, 2.24) is 10.0 Å². The molecule has 0 aromatic heterocycles. The molecule has 29 heavy (non-hydrogen) atoms. The Labute approximate surface area is 178 Å². The van der Waals surface area contributed by atoms with Gasteiger partial charge in [0.05, 0.1) is 4.90 Å². The molecule has 0 atom stereocenters. The Balaban J connectivity index is 1.80. The van der Waals surface area contributed by atoms with Gasteiger partial charge in [-0.15, -0.1) is 0 Å². The topological polar surface area (TPSA) is 104 Å². The van der Waals surface area contributed by atoms with Gasteiger partial charge in [-0.05, 0) is 55.4 Å². The molecular formula is C20H22BrN3O4S. The number of halogens is 1. The largest absolute Gasteiger partial charge is 0.352 e. The average Bonchev–Trinajstić information content (AvgIpc) is 2.69. The third kappa shape index (κ3) is 7.12. The summed E-state index contributed by atoms with van der Waals surface area (Å²) in [5, 5.41) is 5.45. The molecule has 0 aliphatic heterocycles. The second kappa shape index (κ2) is 10.3. The van der Waals surface area contributed by atoms with Crippen LogP contribution in [0.3, 0.4) is 0 Å². The summed E-state index contributed by atoms with van der Waals surface area (Å²) in [5.74, 6) is -0.542. The van der Waals surface area contributed by atoms with Gasteiger partial charge in [0.25, 0.3) is 0 Å². The van der Waals surface area contributed by atoms with E-state index in [9.17, 15) is 18.0 Å². The van der Waals surface area contributed by atoms with Gasteiger partial charge in [-0.25, -0.2) is 13.1 Å². The Hall–Kier alpha value is -2.49. The summed E-state index contributed by atoms with van der Waals surface area (Å²) < 4.78 is 26.5. The molecule has 0 aliphatic carbocycles. The third-order valence-electron chi connectivity index (χ3n) is 4.01. The van der Waals surface area contributed by atoms with E-state index in [4.69, 9.17) is 0 Å². The van der Waals surface area contributed by atoms with Crippen LogP contribution in [-0.4, -0.2) is 33.8 Å². The predicted octanol–water partition coefficient (Wildman–Crippen LogP) is 2.82. The van der Waals surface area contributed by atoms with Crippen LogP contribution in [0, 0.1) is 6.92 Å². The van der Waals surface area contributed by atoms with Crippen LogP contribution < -0.4 is 15.4 Å². The molecule has 0 spiro atoms. The number of amides is 2. The van der Waals surface area contributed by atoms with Crippen molar-refractivity contribution >= 4 is 49.5 Å². The molecule has 0 saturated heterocycles. The number of carbonyl (C=O) groups excluding carboxylic acids is 2. The van der Waals surface area contributed by atoms with Crippen LogP contribution in [0.5, 0.6) is 0 Å². The highest BCUT2D eigenvalue weighted by Crippen LogP contribution is 2.20. The highest BCUT2D eigenvalue weighted by Gasteiger charge is 2.10. The molecule has 3 N–H and O–H groups in total. The van der Waals surface area contributed by atoms with Gasteiger partial charge in [0.2, 0.25) is 21.8 Å². The first kappa shape index (κ1) is 22.8. The quantitative estimate of drug-likeness (QED) is 0.506. The molecule has 154 valence electrons. The Morgan fingerprint density at radius 2 is 1.79 bits per heavy atom. The van der Waals surface area contributed by atoms with Gasteiger partial charge in [-0.2, -0.15) is 0 Å². The second-order valence-electron chi connectivity index (χ2n) is 6.16. The predicted molar refractivity (Wildman–Crippen MR) is 117 cm³/mol. The highest BCUT2D eigenvalue weighted by molar-refractivity contribution is 9.10. The molecule has 0 aliphatic rings. The summed E-state index contributed by atoms with van der Waals surface area (Å²) >= 11 is 3.36. The van der Waals surface area contributed by atoms with Gasteiger partial charge >= 0.3 is 0 Å². The first-order valence-corrected chi connectivity index (χ1v) is 11.0. The summed E-state index contributed by atoms with van der Waals surface area (Å²) in [4.78, 5) is 24.1.